The van der Waals surface area contributed by atoms with Crippen LogP contribution in [0.1, 0.15) is 24.4 Å². The van der Waals surface area contributed by atoms with E-state index in [0.29, 0.717) is 17.3 Å². The van der Waals surface area contributed by atoms with Gasteiger partial charge in [-0.25, -0.2) is 4.39 Å². The van der Waals surface area contributed by atoms with Gasteiger partial charge in [0, 0.05) is 17.3 Å². The Balaban J connectivity index is 1.56. The van der Waals surface area contributed by atoms with E-state index in [2.05, 4.69) is 0 Å². The van der Waals surface area contributed by atoms with E-state index < -0.39 is 0 Å². The highest BCUT2D eigenvalue weighted by molar-refractivity contribution is 5.94. The van der Waals surface area contributed by atoms with Gasteiger partial charge in [-0.1, -0.05) is 36.4 Å². The van der Waals surface area contributed by atoms with Crippen LogP contribution in [0.4, 0.5) is 4.39 Å². The van der Waals surface area contributed by atoms with Crippen molar-refractivity contribution in [3.05, 3.63) is 94.4 Å². The van der Waals surface area contributed by atoms with Crippen LogP contribution in [-0.2, 0) is 11.3 Å². The van der Waals surface area contributed by atoms with E-state index in [9.17, 15) is 14.0 Å². The van der Waals surface area contributed by atoms with Crippen molar-refractivity contribution in [3.8, 4) is 0 Å². The molecule has 1 aliphatic rings. The van der Waals surface area contributed by atoms with Gasteiger partial charge in [0.1, 0.15) is 12.4 Å². The summed E-state index contributed by atoms with van der Waals surface area (Å²) in [7, 11) is 0. The van der Waals surface area contributed by atoms with E-state index in [-0.39, 0.29) is 29.7 Å². The third kappa shape index (κ3) is 3.07. The van der Waals surface area contributed by atoms with Crippen molar-refractivity contribution in [1.29, 1.82) is 0 Å². The summed E-state index contributed by atoms with van der Waals surface area (Å²) in [6.07, 6.45) is 1.78. The van der Waals surface area contributed by atoms with Crippen molar-refractivity contribution >= 4 is 27.7 Å². The van der Waals surface area contributed by atoms with Gasteiger partial charge in [-0.3, -0.25) is 9.59 Å². The first-order chi connectivity index (χ1) is 14.6. The van der Waals surface area contributed by atoms with E-state index in [4.69, 9.17) is 0 Å². The van der Waals surface area contributed by atoms with Gasteiger partial charge < -0.3 is 9.47 Å². The molecule has 4 aromatic rings. The third-order valence-electron chi connectivity index (χ3n) is 6.00. The maximum absolute atomic E-state index is 13.4. The van der Waals surface area contributed by atoms with E-state index in [0.717, 1.165) is 29.4 Å². The Morgan fingerprint density at radius 3 is 2.13 bits per heavy atom. The fourth-order valence-electron chi connectivity index (χ4n) is 4.57. The van der Waals surface area contributed by atoms with Gasteiger partial charge in [0.15, 0.2) is 5.43 Å². The third-order valence-corrected chi connectivity index (χ3v) is 6.00. The molecular formula is C25H21FN2O2. The maximum atomic E-state index is 13.4. The summed E-state index contributed by atoms with van der Waals surface area (Å²) in [5, 5.41) is 1.22. The number of rotatable bonds is 3. The first-order valence-corrected chi connectivity index (χ1v) is 10.2. The number of carbonyl (C=O) groups is 1. The standard InChI is InChI=1S/C25H21FN2O2/c26-18-13-11-17(12-14-18)21-10-5-15-27(21)24(29)16-28-22-8-3-1-6-19(22)25(30)20-7-2-4-9-23(20)28/h1-4,6-9,11-14,21H,5,10,15-16H2. The molecule has 150 valence electrons. The van der Waals surface area contributed by atoms with Crippen molar-refractivity contribution in [3.63, 3.8) is 0 Å². The van der Waals surface area contributed by atoms with Gasteiger partial charge in [0.25, 0.3) is 0 Å². The first kappa shape index (κ1) is 18.6. The predicted molar refractivity (Wildman–Crippen MR) is 116 cm³/mol. The number of benzene rings is 3. The zero-order chi connectivity index (χ0) is 20.7. The summed E-state index contributed by atoms with van der Waals surface area (Å²) in [4.78, 5) is 28.2. The number of carbonyl (C=O) groups excluding carboxylic acids is 1. The van der Waals surface area contributed by atoms with Crippen LogP contribution in [0.15, 0.2) is 77.6 Å². The van der Waals surface area contributed by atoms with Crippen molar-refractivity contribution in [2.75, 3.05) is 6.54 Å². The van der Waals surface area contributed by atoms with Crippen molar-refractivity contribution in [2.24, 2.45) is 0 Å². The van der Waals surface area contributed by atoms with Crippen LogP contribution in [-0.4, -0.2) is 21.9 Å². The summed E-state index contributed by atoms with van der Waals surface area (Å²) in [5.74, 6) is -0.276. The second-order valence-electron chi connectivity index (χ2n) is 7.75. The van der Waals surface area contributed by atoms with Gasteiger partial charge >= 0.3 is 0 Å². The summed E-state index contributed by atoms with van der Waals surface area (Å²) in [5.41, 5.74) is 2.45. The van der Waals surface area contributed by atoms with Crippen LogP contribution in [0.3, 0.4) is 0 Å². The molecule has 2 heterocycles. The van der Waals surface area contributed by atoms with Crippen LogP contribution in [0, 0.1) is 5.82 Å². The van der Waals surface area contributed by atoms with Gasteiger partial charge in [-0.05, 0) is 54.8 Å². The Morgan fingerprint density at radius 1 is 0.900 bits per heavy atom. The lowest BCUT2D eigenvalue weighted by atomic mass is 10.0. The minimum atomic E-state index is -0.277. The summed E-state index contributed by atoms with van der Waals surface area (Å²) in [6, 6.07) is 21.2. The van der Waals surface area contributed by atoms with Crippen LogP contribution < -0.4 is 5.43 Å². The number of nitrogens with zero attached hydrogens (tertiary/aromatic N) is 2. The lowest BCUT2D eigenvalue weighted by Gasteiger charge is -2.26. The molecular weight excluding hydrogens is 379 g/mol. The smallest absolute Gasteiger partial charge is 0.243 e. The summed E-state index contributed by atoms with van der Waals surface area (Å²) < 4.78 is 15.3. The number of fused-ring (bicyclic) bond motifs is 2. The summed E-state index contributed by atoms with van der Waals surface area (Å²) in [6.45, 7) is 0.829. The highest BCUT2D eigenvalue weighted by Gasteiger charge is 2.30. The highest BCUT2D eigenvalue weighted by atomic mass is 19.1. The van der Waals surface area contributed by atoms with Crippen molar-refractivity contribution < 1.29 is 9.18 Å². The molecule has 1 atom stereocenters. The fourth-order valence-corrected chi connectivity index (χ4v) is 4.57. The molecule has 0 radical (unpaired) electrons. The van der Waals surface area contributed by atoms with E-state index >= 15 is 0 Å². The normalized spacial score (nSPS) is 16.4. The number of likely N-dealkylation sites (tertiary alicyclic amines) is 1. The highest BCUT2D eigenvalue weighted by Crippen LogP contribution is 2.32. The minimum Gasteiger partial charge on any atom is -0.334 e. The monoisotopic (exact) mass is 400 g/mol. The molecule has 1 fully saturated rings. The number of hydrogen-bond donors (Lipinski definition) is 0. The second-order valence-corrected chi connectivity index (χ2v) is 7.75. The number of amides is 1. The van der Waals surface area contributed by atoms with Gasteiger partial charge in [0.05, 0.1) is 17.1 Å². The molecule has 1 aliphatic heterocycles. The summed E-state index contributed by atoms with van der Waals surface area (Å²) >= 11 is 0. The minimum absolute atomic E-state index is 0.000722. The Bertz CT molecular complexity index is 1250. The van der Waals surface area contributed by atoms with Gasteiger partial charge in [0.2, 0.25) is 5.91 Å². The quantitative estimate of drug-likeness (QED) is 0.470. The SMILES string of the molecule is O=C(Cn1c2ccccc2c(=O)c2ccccc21)N1CCCC1c1ccc(F)cc1. The lowest BCUT2D eigenvalue weighted by molar-refractivity contribution is -0.132. The molecule has 0 saturated carbocycles. The first-order valence-electron chi connectivity index (χ1n) is 10.2. The van der Waals surface area contributed by atoms with Crippen LogP contribution in [0.25, 0.3) is 21.8 Å². The zero-order valence-electron chi connectivity index (χ0n) is 16.4. The number of pyridine rings is 1. The largest absolute Gasteiger partial charge is 0.334 e. The molecule has 4 nitrogen and oxygen atoms in total. The average Bonchev–Trinajstić information content (AvgIpc) is 3.27. The molecule has 0 aliphatic carbocycles. The van der Waals surface area contributed by atoms with E-state index in [1.54, 1.807) is 12.1 Å². The van der Waals surface area contributed by atoms with Crippen LogP contribution in [0.5, 0.6) is 0 Å². The lowest BCUT2D eigenvalue weighted by Crippen LogP contribution is -2.34. The van der Waals surface area contributed by atoms with Crippen molar-refractivity contribution in [2.45, 2.75) is 25.4 Å². The van der Waals surface area contributed by atoms with E-state index in [1.807, 2.05) is 58.0 Å². The van der Waals surface area contributed by atoms with Crippen LogP contribution >= 0.6 is 0 Å². The molecule has 0 bridgehead atoms. The number of para-hydroxylation sites is 2. The fraction of sp³-hybridized carbons (Fsp3) is 0.200. The van der Waals surface area contributed by atoms with Gasteiger partial charge in [-0.15, -0.1) is 0 Å². The average molecular weight is 400 g/mol. The van der Waals surface area contributed by atoms with Crippen molar-refractivity contribution in [1.82, 2.24) is 9.47 Å². The molecule has 30 heavy (non-hydrogen) atoms. The number of aromatic nitrogens is 1. The maximum Gasteiger partial charge on any atom is 0.243 e. The van der Waals surface area contributed by atoms with Crippen LogP contribution in [0.2, 0.25) is 0 Å². The Morgan fingerprint density at radius 2 is 1.50 bits per heavy atom. The predicted octanol–water partition coefficient (Wildman–Crippen LogP) is 4.66. The molecule has 5 heteroatoms. The molecule has 1 amide bonds. The zero-order valence-corrected chi connectivity index (χ0v) is 16.4. The second kappa shape index (κ2) is 7.41. The topological polar surface area (TPSA) is 42.3 Å². The Kier molecular flexibility index (Phi) is 4.58. The number of hydrogen-bond acceptors (Lipinski definition) is 2. The molecule has 0 spiro atoms. The molecule has 5 rings (SSSR count). The molecule has 1 aromatic heterocycles. The molecule has 1 unspecified atom stereocenters. The Hall–Kier alpha value is -3.47. The van der Waals surface area contributed by atoms with E-state index in [1.165, 1.54) is 12.1 Å². The number of halogens is 1. The van der Waals surface area contributed by atoms with Gasteiger partial charge in [-0.2, -0.15) is 0 Å². The molecule has 1 saturated heterocycles. The molecule has 0 N–H and O–H groups in total. The Labute approximate surface area is 173 Å². The molecule has 3 aromatic carbocycles.